The van der Waals surface area contributed by atoms with Gasteiger partial charge in [0.25, 0.3) is 5.91 Å². The van der Waals surface area contributed by atoms with Crippen molar-refractivity contribution in [3.8, 4) is 6.07 Å². The monoisotopic (exact) mass is 348 g/mol. The molecule has 0 aromatic heterocycles. The van der Waals surface area contributed by atoms with Crippen molar-refractivity contribution >= 4 is 29.3 Å². The van der Waals surface area contributed by atoms with Gasteiger partial charge in [-0.25, -0.2) is 4.79 Å². The maximum absolute atomic E-state index is 12.2. The van der Waals surface area contributed by atoms with Crippen molar-refractivity contribution in [1.82, 2.24) is 9.80 Å². The Labute approximate surface area is 145 Å². The minimum atomic E-state index is -0.491. The number of benzene rings is 1. The molecule has 0 spiro atoms. The molecule has 0 saturated carbocycles. The summed E-state index contributed by atoms with van der Waals surface area (Å²) in [7, 11) is 1.34. The van der Waals surface area contributed by atoms with Crippen LogP contribution in [-0.4, -0.2) is 55.1 Å². The second-order valence-corrected chi connectivity index (χ2v) is 5.55. The van der Waals surface area contributed by atoms with Crippen LogP contribution in [-0.2, 0) is 9.53 Å². The van der Waals surface area contributed by atoms with Crippen LogP contribution in [0.4, 0.5) is 10.5 Å². The zero-order valence-corrected chi connectivity index (χ0v) is 13.9. The number of hydrogen-bond acceptors (Lipinski definition) is 5. The summed E-state index contributed by atoms with van der Waals surface area (Å²) in [5, 5.41) is 12.4. The number of halogens is 1. The van der Waals surface area contributed by atoms with Gasteiger partial charge in [0, 0.05) is 43.1 Å². The number of carbonyl (C=O) groups excluding carboxylic acids is 2. The molecule has 0 aliphatic carbocycles. The average Bonchev–Trinajstić information content (AvgIpc) is 2.61. The lowest BCUT2D eigenvalue weighted by atomic mass is 10.2. The fourth-order valence-corrected chi connectivity index (χ4v) is 2.34. The predicted octanol–water partition coefficient (Wildman–Crippen LogP) is 2.07. The minimum absolute atomic E-state index is 0.00327. The summed E-state index contributed by atoms with van der Waals surface area (Å²) < 4.78 is 4.67. The van der Waals surface area contributed by atoms with Crippen LogP contribution in [0.5, 0.6) is 0 Å². The molecule has 1 aromatic carbocycles. The molecule has 7 nitrogen and oxygen atoms in total. The van der Waals surface area contributed by atoms with E-state index >= 15 is 0 Å². The molecule has 126 valence electrons. The first-order valence-electron chi connectivity index (χ1n) is 7.29. The Morgan fingerprint density at radius 1 is 1.25 bits per heavy atom. The number of methoxy groups -OCH3 is 1. The standard InChI is InChI=1S/C16H17ClN4O3/c1-24-16(23)21-8-6-20(7-9-21)11-12(10-18)15(22)19-14-4-2-13(17)3-5-14/h2-5,11H,6-9H2,1H3,(H,19,22)/b12-11-. The van der Waals surface area contributed by atoms with Crippen LogP contribution in [0.25, 0.3) is 0 Å². The molecule has 0 atom stereocenters. The largest absolute Gasteiger partial charge is 0.453 e. The number of nitrogens with zero attached hydrogens (tertiary/aromatic N) is 3. The van der Waals surface area contributed by atoms with Crippen molar-refractivity contribution < 1.29 is 14.3 Å². The van der Waals surface area contributed by atoms with E-state index in [1.165, 1.54) is 13.3 Å². The molecule has 1 N–H and O–H groups in total. The number of anilines is 1. The van der Waals surface area contributed by atoms with Crippen molar-refractivity contribution in [2.24, 2.45) is 0 Å². The summed E-state index contributed by atoms with van der Waals surface area (Å²) in [4.78, 5) is 27.0. The van der Waals surface area contributed by atoms with Gasteiger partial charge in [0.15, 0.2) is 0 Å². The van der Waals surface area contributed by atoms with E-state index in [0.717, 1.165) is 0 Å². The van der Waals surface area contributed by atoms with Crippen molar-refractivity contribution in [1.29, 1.82) is 5.26 Å². The lowest BCUT2D eigenvalue weighted by Crippen LogP contribution is -2.47. The van der Waals surface area contributed by atoms with Crippen molar-refractivity contribution in [2.75, 3.05) is 38.6 Å². The molecule has 0 radical (unpaired) electrons. The number of ether oxygens (including phenoxy) is 1. The fourth-order valence-electron chi connectivity index (χ4n) is 2.22. The smallest absolute Gasteiger partial charge is 0.409 e. The molecule has 1 aromatic rings. The average molecular weight is 349 g/mol. The summed E-state index contributed by atoms with van der Waals surface area (Å²) in [6, 6.07) is 8.52. The molecule has 1 aliphatic heterocycles. The predicted molar refractivity (Wildman–Crippen MR) is 89.3 cm³/mol. The number of rotatable bonds is 3. The third-order valence-electron chi connectivity index (χ3n) is 3.53. The fraction of sp³-hybridized carbons (Fsp3) is 0.312. The van der Waals surface area contributed by atoms with Gasteiger partial charge >= 0.3 is 6.09 Å². The first-order valence-corrected chi connectivity index (χ1v) is 7.67. The second-order valence-electron chi connectivity index (χ2n) is 5.11. The number of nitriles is 1. The van der Waals surface area contributed by atoms with E-state index in [-0.39, 0.29) is 11.7 Å². The highest BCUT2D eigenvalue weighted by atomic mass is 35.5. The second kappa shape index (κ2) is 8.22. The van der Waals surface area contributed by atoms with E-state index < -0.39 is 5.91 Å². The summed E-state index contributed by atoms with van der Waals surface area (Å²) in [6.07, 6.45) is 1.14. The number of piperazine rings is 1. The van der Waals surface area contributed by atoms with Gasteiger partial charge in [-0.05, 0) is 24.3 Å². The topological polar surface area (TPSA) is 85.7 Å². The molecule has 1 aliphatic rings. The van der Waals surface area contributed by atoms with Gasteiger partial charge in [-0.15, -0.1) is 0 Å². The Balaban J connectivity index is 1.97. The van der Waals surface area contributed by atoms with Gasteiger partial charge in [0.05, 0.1) is 7.11 Å². The molecule has 0 bridgehead atoms. The van der Waals surface area contributed by atoms with Gasteiger partial charge in [-0.2, -0.15) is 5.26 Å². The Bertz CT molecular complexity index is 674. The molecular weight excluding hydrogens is 332 g/mol. The van der Waals surface area contributed by atoms with Crippen LogP contribution in [0.1, 0.15) is 0 Å². The van der Waals surface area contributed by atoms with Crippen molar-refractivity contribution in [2.45, 2.75) is 0 Å². The normalized spacial score (nSPS) is 14.8. The minimum Gasteiger partial charge on any atom is -0.453 e. The maximum Gasteiger partial charge on any atom is 0.409 e. The number of nitrogens with one attached hydrogen (secondary N) is 1. The van der Waals surface area contributed by atoms with Crippen LogP contribution in [0.15, 0.2) is 36.0 Å². The zero-order valence-electron chi connectivity index (χ0n) is 13.2. The van der Waals surface area contributed by atoms with E-state index in [0.29, 0.717) is 36.9 Å². The quantitative estimate of drug-likeness (QED) is 0.667. The van der Waals surface area contributed by atoms with Gasteiger partial charge < -0.3 is 19.9 Å². The first kappa shape index (κ1) is 17.6. The SMILES string of the molecule is COC(=O)N1CCN(/C=C(/C#N)C(=O)Nc2ccc(Cl)cc2)CC1. The van der Waals surface area contributed by atoms with Gasteiger partial charge in [0.1, 0.15) is 11.6 Å². The van der Waals surface area contributed by atoms with E-state index in [2.05, 4.69) is 10.1 Å². The van der Waals surface area contributed by atoms with Gasteiger partial charge in [-0.3, -0.25) is 4.79 Å². The Kier molecular flexibility index (Phi) is 6.04. The molecule has 2 rings (SSSR count). The van der Waals surface area contributed by atoms with Crippen LogP contribution in [0, 0.1) is 11.3 Å². The van der Waals surface area contributed by atoms with E-state index in [1.807, 2.05) is 11.0 Å². The number of carbonyl (C=O) groups is 2. The summed E-state index contributed by atoms with van der Waals surface area (Å²) in [5.74, 6) is -0.491. The lowest BCUT2D eigenvalue weighted by Gasteiger charge is -2.33. The molecule has 0 unspecified atom stereocenters. The summed E-state index contributed by atoms with van der Waals surface area (Å²) >= 11 is 5.79. The Morgan fingerprint density at radius 3 is 2.42 bits per heavy atom. The van der Waals surface area contributed by atoms with Crippen molar-refractivity contribution in [3.05, 3.63) is 41.1 Å². The lowest BCUT2D eigenvalue weighted by molar-refractivity contribution is -0.112. The Morgan fingerprint density at radius 2 is 1.88 bits per heavy atom. The Hall–Kier alpha value is -2.72. The number of hydrogen-bond donors (Lipinski definition) is 1. The molecule has 1 fully saturated rings. The first-order chi connectivity index (χ1) is 11.5. The van der Waals surface area contributed by atoms with Crippen molar-refractivity contribution in [3.63, 3.8) is 0 Å². The highest BCUT2D eigenvalue weighted by Gasteiger charge is 2.21. The van der Waals surface area contributed by atoms with E-state index in [4.69, 9.17) is 11.6 Å². The molecule has 24 heavy (non-hydrogen) atoms. The highest BCUT2D eigenvalue weighted by molar-refractivity contribution is 6.30. The van der Waals surface area contributed by atoms with E-state index in [1.54, 1.807) is 29.2 Å². The highest BCUT2D eigenvalue weighted by Crippen LogP contribution is 2.14. The molecule has 1 heterocycles. The summed E-state index contributed by atoms with van der Waals surface area (Å²) in [5.41, 5.74) is 0.553. The number of amides is 2. The third-order valence-corrected chi connectivity index (χ3v) is 3.78. The summed E-state index contributed by atoms with van der Waals surface area (Å²) in [6.45, 7) is 1.99. The van der Waals surface area contributed by atoms with Crippen LogP contribution >= 0.6 is 11.6 Å². The molecular formula is C16H17ClN4O3. The van der Waals surface area contributed by atoms with Gasteiger partial charge in [0.2, 0.25) is 0 Å². The van der Waals surface area contributed by atoms with E-state index in [9.17, 15) is 14.9 Å². The maximum atomic E-state index is 12.2. The third kappa shape index (κ3) is 4.64. The molecule has 2 amide bonds. The zero-order chi connectivity index (χ0) is 17.5. The van der Waals surface area contributed by atoms with Gasteiger partial charge in [-0.1, -0.05) is 11.6 Å². The molecule has 1 saturated heterocycles. The van der Waals surface area contributed by atoms with Crippen LogP contribution < -0.4 is 5.32 Å². The van der Waals surface area contributed by atoms with Crippen LogP contribution in [0.2, 0.25) is 5.02 Å². The van der Waals surface area contributed by atoms with Crippen LogP contribution in [0.3, 0.4) is 0 Å². The molecule has 8 heteroatoms.